The van der Waals surface area contributed by atoms with E-state index in [2.05, 4.69) is 56.2 Å². The Hall–Kier alpha value is -0.760. The summed E-state index contributed by atoms with van der Waals surface area (Å²) in [6.45, 7) is 8.48. The van der Waals surface area contributed by atoms with Crippen molar-refractivity contribution in [1.82, 2.24) is 9.88 Å². The van der Waals surface area contributed by atoms with Crippen molar-refractivity contribution in [2.24, 2.45) is 23.8 Å². The van der Waals surface area contributed by atoms with Crippen molar-refractivity contribution in [1.29, 1.82) is 0 Å². The molecular weight excluding hydrogens is 220 g/mol. The van der Waals surface area contributed by atoms with Crippen LogP contribution in [-0.4, -0.2) is 10.6 Å². The van der Waals surface area contributed by atoms with Gasteiger partial charge in [-0.2, -0.15) is 0 Å². The monoisotopic (exact) mass is 246 g/mol. The van der Waals surface area contributed by atoms with Gasteiger partial charge in [-0.3, -0.25) is 0 Å². The first kappa shape index (κ1) is 12.3. The van der Waals surface area contributed by atoms with Crippen LogP contribution in [0.4, 0.5) is 0 Å². The molecule has 3 unspecified atom stereocenters. The first-order chi connectivity index (χ1) is 8.43. The number of aromatic nitrogens is 1. The minimum Gasteiger partial charge on any atom is -0.357 e. The van der Waals surface area contributed by atoms with Crippen molar-refractivity contribution >= 4 is 0 Å². The minimum absolute atomic E-state index is 0.493. The maximum Gasteiger partial charge on any atom is 0.0223 e. The fourth-order valence-corrected chi connectivity index (χ4v) is 4.42. The molecule has 0 radical (unpaired) electrons. The lowest BCUT2D eigenvalue weighted by Crippen LogP contribution is -2.44. The van der Waals surface area contributed by atoms with Gasteiger partial charge >= 0.3 is 0 Å². The SMILES string of the molecule is Cn1ccc(CNC2CC3CCC2(C)C3(C)C)c1. The molecule has 1 N–H and O–H groups in total. The highest BCUT2D eigenvalue weighted by molar-refractivity contribution is 5.15. The Bertz CT molecular complexity index is 446. The van der Waals surface area contributed by atoms with Crippen LogP contribution in [0, 0.1) is 16.7 Å². The lowest BCUT2D eigenvalue weighted by Gasteiger charge is -2.39. The molecule has 2 aliphatic rings. The highest BCUT2D eigenvalue weighted by atomic mass is 15.0. The maximum atomic E-state index is 3.83. The second kappa shape index (κ2) is 3.86. The lowest BCUT2D eigenvalue weighted by molar-refractivity contribution is 0.120. The summed E-state index contributed by atoms with van der Waals surface area (Å²) in [4.78, 5) is 0. The van der Waals surface area contributed by atoms with E-state index in [9.17, 15) is 0 Å². The van der Waals surface area contributed by atoms with Crippen LogP contribution < -0.4 is 5.32 Å². The molecule has 2 aliphatic carbocycles. The van der Waals surface area contributed by atoms with E-state index in [4.69, 9.17) is 0 Å². The molecule has 0 aliphatic heterocycles. The van der Waals surface area contributed by atoms with Crippen LogP contribution in [-0.2, 0) is 13.6 Å². The molecule has 2 saturated carbocycles. The zero-order valence-electron chi connectivity index (χ0n) is 12.2. The zero-order valence-corrected chi connectivity index (χ0v) is 12.2. The Balaban J connectivity index is 1.69. The third-order valence-corrected chi connectivity index (χ3v) is 6.24. The van der Waals surface area contributed by atoms with Crippen LogP contribution in [0.3, 0.4) is 0 Å². The van der Waals surface area contributed by atoms with Gasteiger partial charge in [0.2, 0.25) is 0 Å². The van der Waals surface area contributed by atoms with Gasteiger partial charge in [0.1, 0.15) is 0 Å². The fraction of sp³-hybridized carbons (Fsp3) is 0.750. The molecule has 0 amide bonds. The first-order valence-corrected chi connectivity index (χ1v) is 7.28. The summed E-state index contributed by atoms with van der Waals surface area (Å²) in [5.41, 5.74) is 2.41. The van der Waals surface area contributed by atoms with Crippen molar-refractivity contribution in [3.63, 3.8) is 0 Å². The highest BCUT2D eigenvalue weighted by Gasteiger charge is 2.60. The van der Waals surface area contributed by atoms with Gasteiger partial charge in [0.05, 0.1) is 0 Å². The van der Waals surface area contributed by atoms with Gasteiger partial charge in [-0.15, -0.1) is 0 Å². The third-order valence-electron chi connectivity index (χ3n) is 6.24. The molecule has 2 fully saturated rings. The normalized spacial score (nSPS) is 37.3. The van der Waals surface area contributed by atoms with Crippen LogP contribution in [0.25, 0.3) is 0 Å². The number of nitrogens with one attached hydrogen (secondary N) is 1. The van der Waals surface area contributed by atoms with E-state index < -0.39 is 0 Å². The summed E-state index contributed by atoms with van der Waals surface area (Å²) in [6, 6.07) is 2.92. The number of rotatable bonds is 3. The molecule has 2 heteroatoms. The molecule has 2 nitrogen and oxygen atoms in total. The van der Waals surface area contributed by atoms with E-state index in [0.29, 0.717) is 16.9 Å². The van der Waals surface area contributed by atoms with Gasteiger partial charge in [0.15, 0.2) is 0 Å². The van der Waals surface area contributed by atoms with Crippen LogP contribution in [0.1, 0.15) is 45.6 Å². The number of hydrogen-bond acceptors (Lipinski definition) is 1. The van der Waals surface area contributed by atoms with E-state index >= 15 is 0 Å². The van der Waals surface area contributed by atoms with Gasteiger partial charge in [0.25, 0.3) is 0 Å². The number of nitrogens with zero attached hydrogens (tertiary/aromatic N) is 1. The Morgan fingerprint density at radius 1 is 1.39 bits per heavy atom. The molecule has 2 bridgehead atoms. The summed E-state index contributed by atoms with van der Waals surface area (Å²) in [5, 5.41) is 3.83. The molecule has 0 spiro atoms. The molecule has 0 aromatic carbocycles. The second-order valence-electron chi connectivity index (χ2n) is 7.23. The smallest absolute Gasteiger partial charge is 0.0223 e. The maximum absolute atomic E-state index is 3.83. The summed E-state index contributed by atoms with van der Waals surface area (Å²) >= 11 is 0. The topological polar surface area (TPSA) is 17.0 Å². The van der Waals surface area contributed by atoms with Crippen LogP contribution in [0.15, 0.2) is 18.5 Å². The molecule has 3 rings (SSSR count). The van der Waals surface area contributed by atoms with Crippen molar-refractivity contribution in [3.8, 4) is 0 Å². The van der Waals surface area contributed by atoms with Gasteiger partial charge in [-0.1, -0.05) is 20.8 Å². The first-order valence-electron chi connectivity index (χ1n) is 7.28. The predicted octanol–water partition coefficient (Wildman–Crippen LogP) is 3.33. The van der Waals surface area contributed by atoms with Gasteiger partial charge in [-0.05, 0) is 47.6 Å². The summed E-state index contributed by atoms with van der Waals surface area (Å²) in [7, 11) is 2.09. The van der Waals surface area contributed by atoms with Gasteiger partial charge in [-0.25, -0.2) is 0 Å². The Morgan fingerprint density at radius 2 is 2.17 bits per heavy atom. The molecule has 3 atom stereocenters. The molecule has 1 aromatic rings. The number of hydrogen-bond donors (Lipinski definition) is 1. The number of aryl methyl sites for hydroxylation is 1. The average molecular weight is 246 g/mol. The van der Waals surface area contributed by atoms with Crippen LogP contribution >= 0.6 is 0 Å². The van der Waals surface area contributed by atoms with Gasteiger partial charge in [0, 0.05) is 32.0 Å². The van der Waals surface area contributed by atoms with Crippen LogP contribution in [0.2, 0.25) is 0 Å². The Labute approximate surface area is 111 Å². The van der Waals surface area contributed by atoms with E-state index in [0.717, 1.165) is 12.5 Å². The van der Waals surface area contributed by atoms with E-state index in [-0.39, 0.29) is 0 Å². The molecule has 0 saturated heterocycles. The molecular formula is C16H26N2. The van der Waals surface area contributed by atoms with Crippen molar-refractivity contribution < 1.29 is 0 Å². The zero-order chi connectivity index (χ0) is 13.0. The van der Waals surface area contributed by atoms with E-state index in [1.54, 1.807) is 0 Å². The van der Waals surface area contributed by atoms with E-state index in [1.807, 2.05) is 0 Å². The molecule has 100 valence electrons. The summed E-state index contributed by atoms with van der Waals surface area (Å²) in [6.07, 6.45) is 8.55. The Kier molecular flexibility index (Phi) is 2.64. The van der Waals surface area contributed by atoms with E-state index in [1.165, 1.54) is 24.8 Å². The van der Waals surface area contributed by atoms with Gasteiger partial charge < -0.3 is 9.88 Å². The standard InChI is InChI=1S/C16H26N2/c1-15(2)13-5-7-16(15,3)14(9-13)17-10-12-6-8-18(4)11-12/h6,8,11,13-14,17H,5,7,9-10H2,1-4H3. The Morgan fingerprint density at radius 3 is 2.67 bits per heavy atom. The third kappa shape index (κ3) is 1.58. The quantitative estimate of drug-likeness (QED) is 0.865. The van der Waals surface area contributed by atoms with Crippen molar-refractivity contribution in [2.75, 3.05) is 0 Å². The van der Waals surface area contributed by atoms with Crippen molar-refractivity contribution in [2.45, 2.75) is 52.6 Å². The molecule has 18 heavy (non-hydrogen) atoms. The summed E-state index contributed by atoms with van der Waals surface area (Å²) in [5.74, 6) is 0.927. The van der Waals surface area contributed by atoms with Crippen molar-refractivity contribution in [3.05, 3.63) is 24.0 Å². The average Bonchev–Trinajstić information content (AvgIpc) is 2.87. The minimum atomic E-state index is 0.493. The second-order valence-corrected chi connectivity index (χ2v) is 7.23. The predicted molar refractivity (Wildman–Crippen MR) is 75.3 cm³/mol. The lowest BCUT2D eigenvalue weighted by atomic mass is 9.69. The highest BCUT2D eigenvalue weighted by Crippen LogP contribution is 2.65. The van der Waals surface area contributed by atoms with Crippen LogP contribution in [0.5, 0.6) is 0 Å². The largest absolute Gasteiger partial charge is 0.357 e. The summed E-state index contributed by atoms with van der Waals surface area (Å²) < 4.78 is 2.13. The molecule has 1 heterocycles. The number of fused-ring (bicyclic) bond motifs is 2. The fourth-order valence-electron chi connectivity index (χ4n) is 4.42. The molecule has 1 aromatic heterocycles.